The molecule has 2 aromatic carbocycles. The Hall–Kier alpha value is -3.82. The number of rotatable bonds is 6. The maximum atomic E-state index is 12.6. The molecule has 3 aromatic rings. The third kappa shape index (κ3) is 4.92. The van der Waals surface area contributed by atoms with Crippen molar-refractivity contribution in [3.63, 3.8) is 0 Å². The summed E-state index contributed by atoms with van der Waals surface area (Å²) in [4.78, 5) is 24.5. The van der Waals surface area contributed by atoms with Crippen LogP contribution in [0.5, 0.6) is 11.5 Å². The molecule has 0 spiro atoms. The molecule has 1 N–H and O–H groups in total. The molecule has 0 radical (unpaired) electrons. The number of aromatic nitrogens is 1. The number of carbonyl (C=O) groups is 2. The Balaban J connectivity index is 1.78. The normalized spacial score (nSPS) is 11.0. The fraction of sp³-hybridized carbons (Fsp3) is 0.105. The van der Waals surface area contributed by atoms with Crippen molar-refractivity contribution in [3.8, 4) is 11.5 Å². The number of benzene rings is 2. The summed E-state index contributed by atoms with van der Waals surface area (Å²) >= 11 is 0. The second kappa shape index (κ2) is 8.05. The van der Waals surface area contributed by atoms with Crippen molar-refractivity contribution in [1.82, 2.24) is 5.16 Å². The lowest BCUT2D eigenvalue weighted by Crippen LogP contribution is -2.18. The third-order valence-electron chi connectivity index (χ3n) is 3.72. The van der Waals surface area contributed by atoms with Gasteiger partial charge in [-0.05, 0) is 42.5 Å². The summed E-state index contributed by atoms with van der Waals surface area (Å²) in [5.41, 5.74) is 0.563. The monoisotopic (exact) mass is 406 g/mol. The number of amides is 1. The van der Waals surface area contributed by atoms with E-state index in [2.05, 4.69) is 15.2 Å². The number of hydrogen-bond acceptors (Lipinski definition) is 6. The van der Waals surface area contributed by atoms with Gasteiger partial charge in [0.1, 0.15) is 0 Å². The summed E-state index contributed by atoms with van der Waals surface area (Å²) in [6, 6.07) is 10.7. The van der Waals surface area contributed by atoms with Crippen LogP contribution in [0.4, 0.5) is 18.9 Å². The Morgan fingerprint density at radius 1 is 1.00 bits per heavy atom. The molecule has 150 valence electrons. The Morgan fingerprint density at radius 3 is 2.28 bits per heavy atom. The summed E-state index contributed by atoms with van der Waals surface area (Å²) in [6.07, 6.45) is -3.61. The minimum Gasteiger partial charge on any atom is -0.493 e. The molecule has 0 aliphatic carbocycles. The van der Waals surface area contributed by atoms with Crippen LogP contribution in [-0.2, 0) is 0 Å². The number of methoxy groups -OCH3 is 1. The zero-order valence-corrected chi connectivity index (χ0v) is 14.8. The van der Waals surface area contributed by atoms with Crippen molar-refractivity contribution < 1.29 is 36.8 Å². The van der Waals surface area contributed by atoms with Crippen LogP contribution in [0.15, 0.2) is 59.3 Å². The molecular formula is C19H13F3N2O5. The smallest absolute Gasteiger partial charge is 0.493 e. The number of anilines is 1. The van der Waals surface area contributed by atoms with E-state index >= 15 is 0 Å². The molecule has 0 unspecified atom stereocenters. The number of ether oxygens (including phenoxy) is 2. The van der Waals surface area contributed by atoms with Crippen molar-refractivity contribution in [2.45, 2.75) is 6.36 Å². The first-order chi connectivity index (χ1) is 13.8. The van der Waals surface area contributed by atoms with Crippen molar-refractivity contribution in [2.24, 2.45) is 0 Å². The highest BCUT2D eigenvalue weighted by atomic mass is 19.4. The third-order valence-corrected chi connectivity index (χ3v) is 3.72. The van der Waals surface area contributed by atoms with Crippen LogP contribution in [0.1, 0.15) is 26.5 Å². The first-order valence-corrected chi connectivity index (χ1v) is 8.07. The van der Waals surface area contributed by atoms with Crippen LogP contribution in [0.3, 0.4) is 0 Å². The summed E-state index contributed by atoms with van der Waals surface area (Å²) < 4.78 is 51.1. The first-order valence-electron chi connectivity index (χ1n) is 8.07. The highest BCUT2D eigenvalue weighted by Gasteiger charge is 2.33. The van der Waals surface area contributed by atoms with Crippen LogP contribution in [-0.4, -0.2) is 30.3 Å². The standard InChI is InChI=1S/C19H13F3N2O5/c1-27-14-7-4-12(10-16(14)28-19(20,21)22)17(25)11-2-5-13(6-3-11)24-18(26)15-8-9-23-29-15/h2-10H,1H3,(H,24,26). The van der Waals surface area contributed by atoms with Crippen LogP contribution in [0, 0.1) is 0 Å². The molecule has 10 heteroatoms. The molecule has 29 heavy (non-hydrogen) atoms. The van der Waals surface area contributed by atoms with Gasteiger partial charge in [0.25, 0.3) is 5.91 Å². The van der Waals surface area contributed by atoms with Gasteiger partial charge in [0.2, 0.25) is 5.76 Å². The number of nitrogens with zero attached hydrogens (tertiary/aromatic N) is 1. The lowest BCUT2D eigenvalue weighted by molar-refractivity contribution is -0.275. The van der Waals surface area contributed by atoms with Gasteiger partial charge in [0.05, 0.1) is 13.3 Å². The van der Waals surface area contributed by atoms with Gasteiger partial charge in [0.15, 0.2) is 17.3 Å². The largest absolute Gasteiger partial charge is 0.573 e. The molecule has 7 nitrogen and oxygen atoms in total. The lowest BCUT2D eigenvalue weighted by atomic mass is 10.0. The van der Waals surface area contributed by atoms with Crippen LogP contribution in [0.25, 0.3) is 0 Å². The topological polar surface area (TPSA) is 90.7 Å². The number of nitrogens with one attached hydrogen (secondary N) is 1. The Morgan fingerprint density at radius 2 is 1.69 bits per heavy atom. The van der Waals surface area contributed by atoms with Gasteiger partial charge in [0, 0.05) is 22.9 Å². The maximum absolute atomic E-state index is 12.6. The van der Waals surface area contributed by atoms with Gasteiger partial charge < -0.3 is 19.3 Å². The van der Waals surface area contributed by atoms with Gasteiger partial charge >= 0.3 is 6.36 Å². The zero-order valence-electron chi connectivity index (χ0n) is 14.8. The number of ketones is 1. The molecule has 1 aromatic heterocycles. The van der Waals surface area contributed by atoms with Crippen molar-refractivity contribution in [1.29, 1.82) is 0 Å². The van der Waals surface area contributed by atoms with E-state index in [1.165, 1.54) is 55.8 Å². The van der Waals surface area contributed by atoms with E-state index in [0.717, 1.165) is 6.07 Å². The van der Waals surface area contributed by atoms with E-state index in [4.69, 9.17) is 9.26 Å². The summed E-state index contributed by atoms with van der Waals surface area (Å²) in [5, 5.41) is 5.98. The van der Waals surface area contributed by atoms with E-state index in [1.807, 2.05) is 0 Å². The number of halogens is 3. The minimum absolute atomic E-state index is 0.0144. The lowest BCUT2D eigenvalue weighted by Gasteiger charge is -2.13. The predicted octanol–water partition coefficient (Wildman–Crippen LogP) is 4.07. The highest BCUT2D eigenvalue weighted by Crippen LogP contribution is 2.33. The van der Waals surface area contributed by atoms with Gasteiger partial charge in [-0.3, -0.25) is 9.59 Å². The average Bonchev–Trinajstić information content (AvgIpc) is 3.22. The van der Waals surface area contributed by atoms with Crippen molar-refractivity contribution >= 4 is 17.4 Å². The molecule has 3 rings (SSSR count). The van der Waals surface area contributed by atoms with Gasteiger partial charge in [-0.1, -0.05) is 5.16 Å². The highest BCUT2D eigenvalue weighted by molar-refractivity contribution is 6.09. The SMILES string of the molecule is COc1ccc(C(=O)c2ccc(NC(=O)c3ccno3)cc2)cc1OC(F)(F)F. The molecule has 0 bridgehead atoms. The van der Waals surface area contributed by atoms with Gasteiger partial charge in [-0.25, -0.2) is 0 Å². The van der Waals surface area contributed by atoms with Crippen LogP contribution < -0.4 is 14.8 Å². The van der Waals surface area contributed by atoms with Gasteiger partial charge in [-0.2, -0.15) is 0 Å². The molecule has 0 aliphatic heterocycles. The zero-order chi connectivity index (χ0) is 21.0. The number of hydrogen-bond donors (Lipinski definition) is 1. The maximum Gasteiger partial charge on any atom is 0.573 e. The fourth-order valence-electron chi connectivity index (χ4n) is 2.42. The van der Waals surface area contributed by atoms with Crippen LogP contribution in [0.2, 0.25) is 0 Å². The number of alkyl halides is 3. The molecule has 0 saturated carbocycles. The molecule has 0 saturated heterocycles. The number of carbonyl (C=O) groups excluding carboxylic acids is 2. The molecule has 0 atom stereocenters. The summed E-state index contributed by atoms with van der Waals surface area (Å²) in [5.74, 6) is -1.83. The van der Waals surface area contributed by atoms with Crippen molar-refractivity contribution in [3.05, 3.63) is 71.6 Å². The van der Waals surface area contributed by atoms with Gasteiger partial charge in [-0.15, -0.1) is 13.2 Å². The molecule has 0 aliphatic rings. The summed E-state index contributed by atoms with van der Waals surface area (Å²) in [6.45, 7) is 0. The Kier molecular flexibility index (Phi) is 5.53. The van der Waals surface area contributed by atoms with E-state index < -0.39 is 23.8 Å². The fourth-order valence-corrected chi connectivity index (χ4v) is 2.42. The van der Waals surface area contributed by atoms with Crippen molar-refractivity contribution in [2.75, 3.05) is 12.4 Å². The molecule has 1 amide bonds. The van der Waals surface area contributed by atoms with E-state index in [1.54, 1.807) is 0 Å². The Labute approximate surface area is 162 Å². The average molecular weight is 406 g/mol. The minimum atomic E-state index is -4.93. The van der Waals surface area contributed by atoms with E-state index in [9.17, 15) is 22.8 Å². The first kappa shape index (κ1) is 19.9. The van der Waals surface area contributed by atoms with Crippen LogP contribution >= 0.6 is 0 Å². The molecule has 1 heterocycles. The predicted molar refractivity (Wildman–Crippen MR) is 94.0 cm³/mol. The van der Waals surface area contributed by atoms with E-state index in [0.29, 0.717) is 5.69 Å². The molecule has 0 fully saturated rings. The summed E-state index contributed by atoms with van der Waals surface area (Å²) in [7, 11) is 1.19. The molecular weight excluding hydrogens is 393 g/mol. The Bertz CT molecular complexity index is 1020. The quantitative estimate of drug-likeness (QED) is 0.621. The second-order valence-electron chi connectivity index (χ2n) is 5.65. The van der Waals surface area contributed by atoms with E-state index in [-0.39, 0.29) is 22.6 Å². The second-order valence-corrected chi connectivity index (χ2v) is 5.65.